The van der Waals surface area contributed by atoms with Gasteiger partial charge in [-0.25, -0.2) is 0 Å². The van der Waals surface area contributed by atoms with Crippen LogP contribution < -0.4 is 0 Å². The minimum absolute atomic E-state index is 0.235. The van der Waals surface area contributed by atoms with E-state index in [-0.39, 0.29) is 11.2 Å². The van der Waals surface area contributed by atoms with E-state index in [4.69, 9.17) is 9.47 Å². The molecule has 1 heterocycles. The Hall–Kier alpha value is -0.410. The van der Waals surface area contributed by atoms with Crippen LogP contribution in [0.3, 0.4) is 0 Å². The Morgan fingerprint density at radius 1 is 0.852 bits per heavy atom. The Morgan fingerprint density at radius 3 is 2.33 bits per heavy atom. The van der Waals surface area contributed by atoms with E-state index in [1.165, 1.54) is 38.5 Å². The Bertz CT molecular complexity index is 638. The molecule has 5 aliphatic rings. The van der Waals surface area contributed by atoms with E-state index in [9.17, 15) is 4.79 Å². The predicted octanol–water partition coefficient (Wildman–Crippen LogP) is 5.37. The molecule has 1 saturated heterocycles. The minimum Gasteiger partial charge on any atom is -0.348 e. The van der Waals surface area contributed by atoms with Gasteiger partial charge in [0.2, 0.25) is 0 Å². The molecule has 27 heavy (non-hydrogen) atoms. The average Bonchev–Trinajstić information content (AvgIpc) is 3.20. The van der Waals surface area contributed by atoms with Gasteiger partial charge in [0.05, 0.1) is 13.2 Å². The fraction of sp³-hybridized carbons (Fsp3) is 0.958. The number of ketones is 1. The van der Waals surface area contributed by atoms with Crippen molar-refractivity contribution in [2.75, 3.05) is 13.2 Å². The summed E-state index contributed by atoms with van der Waals surface area (Å²) in [6, 6.07) is 0. The summed E-state index contributed by atoms with van der Waals surface area (Å²) < 4.78 is 12.3. The van der Waals surface area contributed by atoms with E-state index in [0.29, 0.717) is 22.5 Å². The molecule has 0 unspecified atom stereocenters. The van der Waals surface area contributed by atoms with Gasteiger partial charge in [0.25, 0.3) is 0 Å². The van der Waals surface area contributed by atoms with Crippen molar-refractivity contribution in [3.63, 3.8) is 0 Å². The number of hydrogen-bond donors (Lipinski definition) is 0. The minimum atomic E-state index is -0.360. The fourth-order valence-electron chi connectivity index (χ4n) is 8.99. The highest BCUT2D eigenvalue weighted by Gasteiger charge is 2.65. The Morgan fingerprint density at radius 2 is 1.59 bits per heavy atom. The lowest BCUT2D eigenvalue weighted by Gasteiger charge is -2.64. The SMILES string of the molecule is CC1([C@H]2CC[C@H]3[C@@H]4CC[C@]5(C)CC(=O)CC[C@]5(C)[C@H]4CC[C@]23C)OCCO1. The van der Waals surface area contributed by atoms with Crippen molar-refractivity contribution < 1.29 is 14.3 Å². The second-order valence-corrected chi connectivity index (χ2v) is 11.5. The molecule has 4 saturated carbocycles. The highest BCUT2D eigenvalue weighted by Crippen LogP contribution is 2.71. The van der Waals surface area contributed by atoms with Crippen molar-refractivity contribution in [2.45, 2.75) is 91.3 Å². The van der Waals surface area contributed by atoms with Crippen LogP contribution in [-0.2, 0) is 14.3 Å². The molecule has 4 aliphatic carbocycles. The fourth-order valence-corrected chi connectivity index (χ4v) is 8.99. The van der Waals surface area contributed by atoms with Crippen LogP contribution in [0.1, 0.15) is 85.5 Å². The second kappa shape index (κ2) is 5.81. The van der Waals surface area contributed by atoms with Gasteiger partial charge in [0.1, 0.15) is 5.78 Å². The smallest absolute Gasteiger partial charge is 0.169 e. The van der Waals surface area contributed by atoms with Crippen molar-refractivity contribution in [3.05, 3.63) is 0 Å². The van der Waals surface area contributed by atoms with Gasteiger partial charge in [0, 0.05) is 18.8 Å². The average molecular weight is 375 g/mol. The van der Waals surface area contributed by atoms with Crippen LogP contribution in [0.2, 0.25) is 0 Å². The molecule has 1 aliphatic heterocycles. The molecule has 5 fully saturated rings. The number of hydrogen-bond acceptors (Lipinski definition) is 3. The molecule has 0 aromatic carbocycles. The van der Waals surface area contributed by atoms with Crippen LogP contribution >= 0.6 is 0 Å². The van der Waals surface area contributed by atoms with Gasteiger partial charge >= 0.3 is 0 Å². The quantitative estimate of drug-likeness (QED) is 0.619. The van der Waals surface area contributed by atoms with Gasteiger partial charge in [-0.15, -0.1) is 0 Å². The first-order valence-electron chi connectivity index (χ1n) is 11.5. The lowest BCUT2D eigenvalue weighted by molar-refractivity contribution is -0.221. The first-order chi connectivity index (χ1) is 12.7. The van der Waals surface area contributed by atoms with Crippen LogP contribution in [-0.4, -0.2) is 24.8 Å². The number of rotatable bonds is 1. The molecular weight excluding hydrogens is 336 g/mol. The summed E-state index contributed by atoms with van der Waals surface area (Å²) in [5.41, 5.74) is 0.946. The maximum absolute atomic E-state index is 12.3. The third-order valence-corrected chi connectivity index (χ3v) is 10.7. The third kappa shape index (κ3) is 2.37. The lowest BCUT2D eigenvalue weighted by atomic mass is 9.40. The molecule has 5 rings (SSSR count). The van der Waals surface area contributed by atoms with Gasteiger partial charge in [-0.1, -0.05) is 20.8 Å². The molecule has 0 spiro atoms. The van der Waals surface area contributed by atoms with E-state index in [1.54, 1.807) is 0 Å². The van der Waals surface area contributed by atoms with E-state index >= 15 is 0 Å². The van der Waals surface area contributed by atoms with Crippen LogP contribution in [0.15, 0.2) is 0 Å². The van der Waals surface area contributed by atoms with Crippen molar-refractivity contribution in [1.82, 2.24) is 0 Å². The van der Waals surface area contributed by atoms with E-state index in [0.717, 1.165) is 50.2 Å². The normalized spacial score (nSPS) is 54.3. The summed E-state index contributed by atoms with van der Waals surface area (Å²) in [4.78, 5) is 12.3. The Kier molecular flexibility index (Phi) is 4.01. The van der Waals surface area contributed by atoms with Crippen molar-refractivity contribution in [2.24, 2.45) is 39.9 Å². The molecule has 7 atom stereocenters. The number of carbonyl (C=O) groups excluding carboxylic acids is 1. The van der Waals surface area contributed by atoms with Gasteiger partial charge in [-0.3, -0.25) is 4.79 Å². The number of Topliss-reactive ketones (excluding diaryl/α,β-unsaturated/α-hetero) is 1. The zero-order valence-corrected chi connectivity index (χ0v) is 17.8. The molecule has 0 aromatic heterocycles. The Balaban J connectivity index is 1.45. The first kappa shape index (κ1) is 18.6. The molecular formula is C24H38O3. The summed E-state index contributed by atoms with van der Waals surface area (Å²) in [7, 11) is 0. The van der Waals surface area contributed by atoms with Crippen LogP contribution in [0.4, 0.5) is 0 Å². The first-order valence-corrected chi connectivity index (χ1v) is 11.5. The second-order valence-electron chi connectivity index (χ2n) is 11.5. The summed E-state index contributed by atoms with van der Waals surface area (Å²) in [5.74, 6) is 3.14. The topological polar surface area (TPSA) is 35.5 Å². The lowest BCUT2D eigenvalue weighted by Crippen LogP contribution is -2.58. The van der Waals surface area contributed by atoms with Crippen molar-refractivity contribution in [1.29, 1.82) is 0 Å². The molecule has 0 aromatic rings. The van der Waals surface area contributed by atoms with E-state index in [1.807, 2.05) is 0 Å². The molecule has 0 N–H and O–H groups in total. The summed E-state index contributed by atoms with van der Waals surface area (Å²) in [6.07, 6.45) is 10.6. The summed E-state index contributed by atoms with van der Waals surface area (Å²) in [5, 5.41) is 0. The van der Waals surface area contributed by atoms with E-state index < -0.39 is 0 Å². The van der Waals surface area contributed by atoms with Crippen LogP contribution in [0.5, 0.6) is 0 Å². The van der Waals surface area contributed by atoms with Crippen LogP contribution in [0, 0.1) is 39.9 Å². The Labute approximate surface area is 164 Å². The monoisotopic (exact) mass is 374 g/mol. The number of ether oxygens (including phenoxy) is 2. The van der Waals surface area contributed by atoms with Gasteiger partial charge in [0.15, 0.2) is 5.79 Å². The van der Waals surface area contributed by atoms with E-state index in [2.05, 4.69) is 27.7 Å². The molecule has 3 heteroatoms. The zero-order valence-electron chi connectivity index (χ0n) is 17.8. The number of carbonyl (C=O) groups is 1. The molecule has 152 valence electrons. The van der Waals surface area contributed by atoms with Gasteiger partial charge in [-0.2, -0.15) is 0 Å². The molecule has 0 radical (unpaired) electrons. The maximum atomic E-state index is 12.3. The highest BCUT2D eigenvalue weighted by molar-refractivity contribution is 5.80. The van der Waals surface area contributed by atoms with Crippen LogP contribution in [0.25, 0.3) is 0 Å². The van der Waals surface area contributed by atoms with Crippen molar-refractivity contribution in [3.8, 4) is 0 Å². The van der Waals surface area contributed by atoms with Crippen molar-refractivity contribution >= 4 is 5.78 Å². The zero-order chi connectivity index (χ0) is 19.1. The largest absolute Gasteiger partial charge is 0.348 e. The summed E-state index contributed by atoms with van der Waals surface area (Å²) >= 11 is 0. The van der Waals surface area contributed by atoms with Gasteiger partial charge in [-0.05, 0) is 85.9 Å². The van der Waals surface area contributed by atoms with Gasteiger partial charge < -0.3 is 9.47 Å². The maximum Gasteiger partial charge on any atom is 0.169 e. The molecule has 0 bridgehead atoms. The summed E-state index contributed by atoms with van der Waals surface area (Å²) in [6.45, 7) is 11.3. The predicted molar refractivity (Wildman–Crippen MR) is 105 cm³/mol. The highest BCUT2D eigenvalue weighted by atomic mass is 16.7. The number of fused-ring (bicyclic) bond motifs is 5. The third-order valence-electron chi connectivity index (χ3n) is 10.7. The standard InChI is InChI=1S/C24H38O3/c1-21-10-8-17-18-5-6-20(24(4)26-13-14-27-24)22(18,2)11-9-19(17)23(21,3)12-7-16(25)15-21/h17-20H,5-15H2,1-4H3/t17-,18-,19-,20-,21+,22-,23+/m0/s1. The molecule has 3 nitrogen and oxygen atoms in total. The molecule has 0 amide bonds.